The van der Waals surface area contributed by atoms with Gasteiger partial charge in [-0.1, -0.05) is 34.1 Å². The van der Waals surface area contributed by atoms with Crippen LogP contribution in [0.25, 0.3) is 11.0 Å². The van der Waals surface area contributed by atoms with Crippen molar-refractivity contribution in [2.45, 2.75) is 19.4 Å². The first-order valence-corrected chi connectivity index (χ1v) is 10.3. The van der Waals surface area contributed by atoms with E-state index in [1.807, 2.05) is 36.4 Å². The summed E-state index contributed by atoms with van der Waals surface area (Å²) in [7, 11) is 0. The monoisotopic (exact) mass is 456 g/mol. The minimum absolute atomic E-state index is 0.0122. The molecule has 150 valence electrons. The number of amides is 1. The number of hydrogen-bond acceptors (Lipinski definition) is 4. The van der Waals surface area contributed by atoms with Gasteiger partial charge in [0.2, 0.25) is 5.91 Å². The van der Waals surface area contributed by atoms with Crippen molar-refractivity contribution < 1.29 is 4.79 Å². The second kappa shape index (κ2) is 8.34. The van der Waals surface area contributed by atoms with E-state index < -0.39 is 11.1 Å². The van der Waals surface area contributed by atoms with Crippen LogP contribution in [0, 0.1) is 5.92 Å². The lowest BCUT2D eigenvalue weighted by atomic mass is 9.95. The van der Waals surface area contributed by atoms with Gasteiger partial charge in [0.05, 0.1) is 11.0 Å². The average Bonchev–Trinajstić information content (AvgIpc) is 2.71. The number of carbonyl (C=O) groups excluding carboxylic acids is 1. The molecule has 3 aromatic rings. The van der Waals surface area contributed by atoms with E-state index >= 15 is 0 Å². The van der Waals surface area contributed by atoms with Gasteiger partial charge in [-0.3, -0.25) is 19.3 Å². The molecule has 0 aliphatic carbocycles. The van der Waals surface area contributed by atoms with Gasteiger partial charge >= 0.3 is 11.1 Å². The van der Waals surface area contributed by atoms with Crippen molar-refractivity contribution in [2.75, 3.05) is 18.4 Å². The van der Waals surface area contributed by atoms with Gasteiger partial charge in [-0.05, 0) is 55.8 Å². The molecule has 0 radical (unpaired) electrons. The summed E-state index contributed by atoms with van der Waals surface area (Å²) in [5.41, 5.74) is 1.66. The van der Waals surface area contributed by atoms with Crippen LogP contribution < -0.4 is 16.4 Å². The van der Waals surface area contributed by atoms with Crippen LogP contribution in [0.3, 0.4) is 0 Å². The van der Waals surface area contributed by atoms with E-state index in [1.165, 1.54) is 0 Å². The van der Waals surface area contributed by atoms with Gasteiger partial charge in [0.1, 0.15) is 0 Å². The molecular weight excluding hydrogens is 436 g/mol. The third kappa shape index (κ3) is 4.49. The predicted molar refractivity (Wildman–Crippen MR) is 116 cm³/mol. The van der Waals surface area contributed by atoms with Gasteiger partial charge in [-0.25, -0.2) is 0 Å². The molecule has 7 nitrogen and oxygen atoms in total. The van der Waals surface area contributed by atoms with Crippen LogP contribution in [0.1, 0.15) is 18.4 Å². The first kappa shape index (κ1) is 19.6. The summed E-state index contributed by atoms with van der Waals surface area (Å²) in [5, 5.41) is 2.98. The number of piperidine rings is 1. The highest BCUT2D eigenvalue weighted by Gasteiger charge is 2.25. The van der Waals surface area contributed by atoms with E-state index in [0.717, 1.165) is 41.7 Å². The van der Waals surface area contributed by atoms with Crippen LogP contribution in [-0.4, -0.2) is 33.9 Å². The highest BCUT2D eigenvalue weighted by atomic mass is 79.9. The van der Waals surface area contributed by atoms with E-state index in [9.17, 15) is 14.4 Å². The molecule has 1 aliphatic heterocycles. The van der Waals surface area contributed by atoms with Gasteiger partial charge in [-0.15, -0.1) is 0 Å². The Labute approximate surface area is 175 Å². The van der Waals surface area contributed by atoms with E-state index in [1.54, 1.807) is 6.07 Å². The van der Waals surface area contributed by atoms with Gasteiger partial charge in [-0.2, -0.15) is 0 Å². The third-order valence-electron chi connectivity index (χ3n) is 5.27. The first-order chi connectivity index (χ1) is 14.0. The van der Waals surface area contributed by atoms with E-state index in [0.29, 0.717) is 17.6 Å². The minimum Gasteiger partial charge on any atom is -0.326 e. The SMILES string of the molecule is O=C(Nc1ccccc1)C1CCN(Cc2cc(Br)cc3[nH]c(=O)c(=O)[nH]c23)CC1. The standard InChI is InChI=1S/C21H21BrN4O3/c22-15-10-14(18-17(11-15)24-20(28)21(29)25-18)12-26-8-6-13(7-9-26)19(27)23-16-4-2-1-3-5-16/h1-5,10-11,13H,6-9,12H2,(H,23,27)(H,24,28)(H,25,29). The van der Waals surface area contributed by atoms with Crippen LogP contribution >= 0.6 is 15.9 Å². The number of aromatic nitrogens is 2. The summed E-state index contributed by atoms with van der Waals surface area (Å²) in [6, 6.07) is 13.2. The summed E-state index contributed by atoms with van der Waals surface area (Å²) >= 11 is 3.47. The average molecular weight is 457 g/mol. The Morgan fingerprint density at radius 3 is 2.48 bits per heavy atom. The molecule has 1 saturated heterocycles. The fraction of sp³-hybridized carbons (Fsp3) is 0.286. The van der Waals surface area contributed by atoms with Crippen LogP contribution in [-0.2, 0) is 11.3 Å². The Hall–Kier alpha value is -2.71. The Morgan fingerprint density at radius 2 is 1.76 bits per heavy atom. The molecule has 8 heteroatoms. The zero-order valence-electron chi connectivity index (χ0n) is 15.7. The predicted octanol–water partition coefficient (Wildman–Crippen LogP) is 2.83. The topological polar surface area (TPSA) is 98.1 Å². The van der Waals surface area contributed by atoms with Crippen LogP contribution in [0.5, 0.6) is 0 Å². The maximum Gasteiger partial charge on any atom is 0.314 e. The number of fused-ring (bicyclic) bond motifs is 1. The van der Waals surface area contributed by atoms with Crippen molar-refractivity contribution >= 4 is 38.6 Å². The zero-order valence-corrected chi connectivity index (χ0v) is 17.3. The summed E-state index contributed by atoms with van der Waals surface area (Å²) in [6.07, 6.45) is 1.55. The number of rotatable bonds is 4. The molecule has 0 atom stereocenters. The highest BCUT2D eigenvalue weighted by Crippen LogP contribution is 2.25. The van der Waals surface area contributed by atoms with Crippen molar-refractivity contribution in [2.24, 2.45) is 5.92 Å². The maximum atomic E-state index is 12.5. The molecular formula is C21H21BrN4O3. The van der Waals surface area contributed by atoms with Crippen LogP contribution in [0.15, 0.2) is 56.5 Å². The van der Waals surface area contributed by atoms with Crippen molar-refractivity contribution in [3.8, 4) is 0 Å². The molecule has 0 spiro atoms. The van der Waals surface area contributed by atoms with Crippen molar-refractivity contribution in [1.82, 2.24) is 14.9 Å². The lowest BCUT2D eigenvalue weighted by molar-refractivity contribution is -0.121. The summed E-state index contributed by atoms with van der Waals surface area (Å²) < 4.78 is 0.833. The van der Waals surface area contributed by atoms with E-state index in [4.69, 9.17) is 0 Å². The number of para-hydroxylation sites is 1. The van der Waals surface area contributed by atoms with Crippen LogP contribution in [0.4, 0.5) is 5.69 Å². The molecule has 1 aliphatic rings. The van der Waals surface area contributed by atoms with Crippen LogP contribution in [0.2, 0.25) is 0 Å². The highest BCUT2D eigenvalue weighted by molar-refractivity contribution is 9.10. The first-order valence-electron chi connectivity index (χ1n) is 9.52. The zero-order chi connectivity index (χ0) is 20.4. The number of carbonyl (C=O) groups is 1. The van der Waals surface area contributed by atoms with Crippen molar-refractivity contribution in [3.05, 3.63) is 73.2 Å². The van der Waals surface area contributed by atoms with Crippen molar-refractivity contribution in [3.63, 3.8) is 0 Å². The summed E-state index contributed by atoms with van der Waals surface area (Å²) in [6.45, 7) is 2.20. The summed E-state index contributed by atoms with van der Waals surface area (Å²) in [4.78, 5) is 43.5. The third-order valence-corrected chi connectivity index (χ3v) is 5.73. The second-order valence-corrected chi connectivity index (χ2v) is 8.22. The number of nitrogens with one attached hydrogen (secondary N) is 3. The quantitative estimate of drug-likeness (QED) is 0.525. The molecule has 0 saturated carbocycles. The molecule has 0 bridgehead atoms. The number of anilines is 1. The van der Waals surface area contributed by atoms with Gasteiger partial charge in [0, 0.05) is 22.6 Å². The van der Waals surface area contributed by atoms with E-state index in [2.05, 4.69) is 36.1 Å². The number of nitrogens with zero attached hydrogens (tertiary/aromatic N) is 1. The lowest BCUT2D eigenvalue weighted by Gasteiger charge is -2.31. The molecule has 29 heavy (non-hydrogen) atoms. The number of likely N-dealkylation sites (tertiary alicyclic amines) is 1. The fourth-order valence-electron chi connectivity index (χ4n) is 3.74. The lowest BCUT2D eigenvalue weighted by Crippen LogP contribution is -2.38. The Balaban J connectivity index is 1.43. The maximum absolute atomic E-state index is 12.5. The fourth-order valence-corrected chi connectivity index (χ4v) is 4.25. The van der Waals surface area contributed by atoms with Gasteiger partial charge in [0.25, 0.3) is 0 Å². The Kier molecular flexibility index (Phi) is 5.64. The largest absolute Gasteiger partial charge is 0.326 e. The molecule has 1 fully saturated rings. The molecule has 2 heterocycles. The Bertz CT molecular complexity index is 1150. The smallest absolute Gasteiger partial charge is 0.314 e. The minimum atomic E-state index is -0.660. The molecule has 0 unspecified atom stereocenters. The van der Waals surface area contributed by atoms with Gasteiger partial charge < -0.3 is 15.3 Å². The molecule has 3 N–H and O–H groups in total. The van der Waals surface area contributed by atoms with Crippen molar-refractivity contribution in [1.29, 1.82) is 0 Å². The second-order valence-electron chi connectivity index (χ2n) is 7.30. The molecule has 2 aromatic carbocycles. The number of halogens is 1. The number of benzene rings is 2. The normalized spacial score (nSPS) is 15.5. The number of aromatic amines is 2. The number of hydrogen-bond donors (Lipinski definition) is 3. The van der Waals surface area contributed by atoms with Gasteiger partial charge in [0.15, 0.2) is 0 Å². The Morgan fingerprint density at radius 1 is 1.07 bits per heavy atom. The van der Waals surface area contributed by atoms with E-state index in [-0.39, 0.29) is 11.8 Å². The molecule has 4 rings (SSSR count). The summed E-state index contributed by atoms with van der Waals surface area (Å²) in [5.74, 6) is 0.0486. The molecule has 1 aromatic heterocycles. The molecule has 1 amide bonds. The number of H-pyrrole nitrogens is 2.